The number of hydrogen-bond donors (Lipinski definition) is 2. The van der Waals surface area contributed by atoms with Crippen molar-refractivity contribution in [3.05, 3.63) is 155 Å². The maximum absolute atomic E-state index is 13.3. The van der Waals surface area contributed by atoms with Gasteiger partial charge in [-0.2, -0.15) is 0 Å². The van der Waals surface area contributed by atoms with Crippen molar-refractivity contribution >= 4 is 39.1 Å². The summed E-state index contributed by atoms with van der Waals surface area (Å²) in [7, 11) is -4.40. The average molecular weight is 627 g/mol. The second-order valence-electron chi connectivity index (χ2n) is 9.61. The zero-order valence-electron chi connectivity index (χ0n) is 23.3. The van der Waals surface area contributed by atoms with Crippen molar-refractivity contribution in [2.24, 2.45) is 0 Å². The highest BCUT2D eigenvalue weighted by molar-refractivity contribution is 7.90. The van der Waals surface area contributed by atoms with Gasteiger partial charge in [0.15, 0.2) is 0 Å². The molecule has 0 radical (unpaired) electrons. The summed E-state index contributed by atoms with van der Waals surface area (Å²) in [6.07, 6.45) is 0. The summed E-state index contributed by atoms with van der Waals surface area (Å²) in [6, 6.07) is 35.5. The average Bonchev–Trinajstić information content (AvgIpc) is 3.04. The predicted molar refractivity (Wildman–Crippen MR) is 168 cm³/mol. The molecule has 0 aliphatic heterocycles. The first-order valence-corrected chi connectivity index (χ1v) is 15.4. The van der Waals surface area contributed by atoms with Gasteiger partial charge in [-0.1, -0.05) is 90.5 Å². The number of sulfonamides is 1. The molecule has 5 rings (SSSR count). The van der Waals surface area contributed by atoms with Crippen LogP contribution in [0.4, 0.5) is 5.69 Å². The summed E-state index contributed by atoms with van der Waals surface area (Å²) in [4.78, 5) is 25.9. The van der Waals surface area contributed by atoms with E-state index in [-0.39, 0.29) is 39.1 Å². The number of halogens is 1. The summed E-state index contributed by atoms with van der Waals surface area (Å²) >= 11 is 6.25. The van der Waals surface area contributed by atoms with Crippen LogP contribution in [0.15, 0.2) is 132 Å². The largest absolute Gasteiger partial charge is 0.489 e. The Balaban J connectivity index is 1.28. The number of carbonyl (C=O) groups excluding carboxylic acids is 2. The fourth-order valence-corrected chi connectivity index (χ4v) is 5.50. The number of amides is 2. The zero-order valence-corrected chi connectivity index (χ0v) is 24.8. The van der Waals surface area contributed by atoms with E-state index >= 15 is 0 Å². The molecule has 8 nitrogen and oxygen atoms in total. The van der Waals surface area contributed by atoms with Gasteiger partial charge in [-0.3, -0.25) is 9.59 Å². The van der Waals surface area contributed by atoms with Crippen LogP contribution in [0.2, 0.25) is 5.02 Å². The van der Waals surface area contributed by atoms with Gasteiger partial charge in [0.1, 0.15) is 29.6 Å². The van der Waals surface area contributed by atoms with Crippen LogP contribution in [0.25, 0.3) is 0 Å². The molecular weight excluding hydrogens is 600 g/mol. The summed E-state index contributed by atoms with van der Waals surface area (Å²) in [5.41, 5.74) is 2.14. The third-order valence-corrected chi connectivity index (χ3v) is 8.13. The van der Waals surface area contributed by atoms with Crippen LogP contribution < -0.4 is 19.5 Å². The number of nitrogens with one attached hydrogen (secondary N) is 2. The monoisotopic (exact) mass is 626 g/mol. The minimum absolute atomic E-state index is 0.00334. The maximum Gasteiger partial charge on any atom is 0.266 e. The maximum atomic E-state index is 13.3. The van der Waals surface area contributed by atoms with Crippen LogP contribution in [0.5, 0.6) is 11.5 Å². The van der Waals surface area contributed by atoms with Crippen molar-refractivity contribution in [3.63, 3.8) is 0 Å². The number of benzene rings is 5. The summed E-state index contributed by atoms with van der Waals surface area (Å²) in [5, 5.41) is 2.90. The van der Waals surface area contributed by atoms with Crippen molar-refractivity contribution in [1.29, 1.82) is 0 Å². The van der Waals surface area contributed by atoms with Gasteiger partial charge in [-0.25, -0.2) is 13.1 Å². The van der Waals surface area contributed by atoms with Crippen molar-refractivity contribution < 1.29 is 27.5 Å². The van der Waals surface area contributed by atoms with E-state index in [1.165, 1.54) is 36.4 Å². The minimum atomic E-state index is -4.40. The number of hydrogen-bond acceptors (Lipinski definition) is 6. The van der Waals surface area contributed by atoms with E-state index in [2.05, 4.69) is 10.0 Å². The molecule has 2 amide bonds. The Bertz CT molecular complexity index is 1880. The predicted octanol–water partition coefficient (Wildman–Crippen LogP) is 6.87. The highest BCUT2D eigenvalue weighted by Gasteiger charge is 2.24. The molecule has 0 spiro atoms. The van der Waals surface area contributed by atoms with Crippen LogP contribution >= 0.6 is 11.6 Å². The lowest BCUT2D eigenvalue weighted by Crippen LogP contribution is -2.31. The fourth-order valence-electron chi connectivity index (χ4n) is 4.19. The molecule has 0 aromatic heterocycles. The molecule has 222 valence electrons. The number of anilines is 1. The quantitative estimate of drug-likeness (QED) is 0.166. The van der Waals surface area contributed by atoms with E-state index in [0.29, 0.717) is 12.4 Å². The van der Waals surface area contributed by atoms with E-state index in [4.69, 9.17) is 21.1 Å². The third-order valence-electron chi connectivity index (χ3n) is 6.43. The van der Waals surface area contributed by atoms with Crippen molar-refractivity contribution in [3.8, 4) is 11.5 Å². The van der Waals surface area contributed by atoms with Crippen LogP contribution in [-0.2, 0) is 23.2 Å². The topological polar surface area (TPSA) is 111 Å². The first-order chi connectivity index (χ1) is 21.3. The standard InChI is InChI=1S/C34H27ClN2O6S/c35-29-19-18-27(21-31(29)43-23-25-12-5-2-6-13-25)34(39)37-44(40,41)32-17-8-7-16-30(32)36-33(38)26-14-9-15-28(20-26)42-22-24-10-3-1-4-11-24/h1-21H,22-23H2,(H,36,38)(H,37,39). The molecular formula is C34H27ClN2O6S. The Morgan fingerprint density at radius 1 is 0.636 bits per heavy atom. The van der Waals surface area contributed by atoms with E-state index in [9.17, 15) is 18.0 Å². The lowest BCUT2D eigenvalue weighted by molar-refractivity contribution is 0.0979. The normalized spacial score (nSPS) is 10.9. The van der Waals surface area contributed by atoms with Crippen molar-refractivity contribution in [2.45, 2.75) is 18.1 Å². The number of ether oxygens (including phenoxy) is 2. The Labute approximate surface area is 260 Å². The Hall–Kier alpha value is -5.12. The number of para-hydroxylation sites is 1. The van der Waals surface area contributed by atoms with Crippen LogP contribution in [0.1, 0.15) is 31.8 Å². The van der Waals surface area contributed by atoms with E-state index in [1.54, 1.807) is 30.3 Å². The van der Waals surface area contributed by atoms with Gasteiger partial charge in [-0.15, -0.1) is 0 Å². The van der Waals surface area contributed by atoms with Crippen LogP contribution in [0, 0.1) is 0 Å². The van der Waals surface area contributed by atoms with Crippen LogP contribution in [0.3, 0.4) is 0 Å². The minimum Gasteiger partial charge on any atom is -0.489 e. The van der Waals surface area contributed by atoms with Gasteiger partial charge < -0.3 is 14.8 Å². The first-order valence-electron chi connectivity index (χ1n) is 13.5. The molecule has 0 fully saturated rings. The van der Waals surface area contributed by atoms with Crippen LogP contribution in [-0.4, -0.2) is 20.2 Å². The van der Waals surface area contributed by atoms with Crippen molar-refractivity contribution in [2.75, 3.05) is 5.32 Å². The van der Waals surface area contributed by atoms with Crippen molar-refractivity contribution in [1.82, 2.24) is 4.72 Å². The molecule has 44 heavy (non-hydrogen) atoms. The molecule has 0 unspecified atom stereocenters. The molecule has 0 saturated heterocycles. The lowest BCUT2D eigenvalue weighted by Gasteiger charge is -2.14. The molecule has 5 aromatic rings. The van der Waals surface area contributed by atoms with Gasteiger partial charge in [0.25, 0.3) is 21.8 Å². The van der Waals surface area contributed by atoms with E-state index in [0.717, 1.165) is 11.1 Å². The van der Waals surface area contributed by atoms with Gasteiger partial charge >= 0.3 is 0 Å². The highest BCUT2D eigenvalue weighted by Crippen LogP contribution is 2.28. The SMILES string of the molecule is O=C(Nc1ccccc1S(=O)(=O)NC(=O)c1ccc(Cl)c(OCc2ccccc2)c1)c1cccc(OCc2ccccc2)c1. The molecule has 0 atom stereocenters. The lowest BCUT2D eigenvalue weighted by atomic mass is 10.2. The molecule has 5 aromatic carbocycles. The third kappa shape index (κ3) is 7.83. The number of rotatable bonds is 11. The van der Waals surface area contributed by atoms with Gasteiger partial charge in [-0.05, 0) is 59.7 Å². The highest BCUT2D eigenvalue weighted by atomic mass is 35.5. The van der Waals surface area contributed by atoms with Gasteiger partial charge in [0, 0.05) is 11.1 Å². The van der Waals surface area contributed by atoms with E-state index < -0.39 is 21.8 Å². The molecule has 0 heterocycles. The smallest absolute Gasteiger partial charge is 0.266 e. The molecule has 2 N–H and O–H groups in total. The summed E-state index contributed by atoms with van der Waals surface area (Å²) in [5.74, 6) is -0.745. The molecule has 0 bridgehead atoms. The molecule has 0 aliphatic rings. The van der Waals surface area contributed by atoms with E-state index in [1.807, 2.05) is 60.7 Å². The summed E-state index contributed by atoms with van der Waals surface area (Å²) in [6.45, 7) is 0.528. The Morgan fingerprint density at radius 2 is 1.25 bits per heavy atom. The van der Waals surface area contributed by atoms with Gasteiger partial charge in [0.2, 0.25) is 0 Å². The molecule has 0 aliphatic carbocycles. The zero-order chi connectivity index (χ0) is 30.9. The second kappa shape index (κ2) is 13.9. The fraction of sp³-hybridized carbons (Fsp3) is 0.0588. The number of carbonyl (C=O) groups is 2. The van der Waals surface area contributed by atoms with Gasteiger partial charge in [0.05, 0.1) is 10.7 Å². The Kier molecular flexibility index (Phi) is 9.59. The first kappa shape index (κ1) is 30.3. The molecule has 10 heteroatoms. The molecule has 0 saturated carbocycles. The second-order valence-corrected chi connectivity index (χ2v) is 11.7. The Morgan fingerprint density at radius 3 is 1.95 bits per heavy atom. The summed E-state index contributed by atoms with van der Waals surface area (Å²) < 4.78 is 40.3.